The summed E-state index contributed by atoms with van der Waals surface area (Å²) in [5.74, 6) is 0.0774. The van der Waals surface area contributed by atoms with Crippen molar-refractivity contribution in [3.63, 3.8) is 0 Å². The van der Waals surface area contributed by atoms with Crippen LogP contribution in [0.3, 0.4) is 0 Å². The number of methoxy groups -OCH3 is 1. The molecule has 1 unspecified atom stereocenters. The van der Waals surface area contributed by atoms with Crippen molar-refractivity contribution in [3.8, 4) is 5.75 Å². The first-order chi connectivity index (χ1) is 11.5. The Morgan fingerprint density at radius 2 is 1.75 bits per heavy atom. The number of carbonyl (C=O) groups is 1. The molecule has 0 heterocycles. The molecule has 3 N–H and O–H groups in total. The Bertz CT molecular complexity index is 703. The summed E-state index contributed by atoms with van der Waals surface area (Å²) in [5, 5.41) is 9.00. The van der Waals surface area contributed by atoms with Crippen LogP contribution in [0.25, 0.3) is 11.6 Å². The molecule has 0 aliphatic rings. The lowest BCUT2D eigenvalue weighted by Gasteiger charge is -2.14. The molecular weight excluding hydrogens is 302 g/mol. The third kappa shape index (κ3) is 5.16. The lowest BCUT2D eigenvalue weighted by Crippen LogP contribution is -2.05. The molecule has 0 bridgehead atoms. The lowest BCUT2D eigenvalue weighted by atomic mass is 9.91. The summed E-state index contributed by atoms with van der Waals surface area (Å²) in [4.78, 5) is 11.0. The number of nitrogens with two attached hydrogens (primary N) is 1. The summed E-state index contributed by atoms with van der Waals surface area (Å²) in [6, 6.07) is 15.4. The number of anilines is 1. The smallest absolute Gasteiger partial charge is 0.303 e. The van der Waals surface area contributed by atoms with Gasteiger partial charge in [-0.1, -0.05) is 37.3 Å². The van der Waals surface area contributed by atoms with Crippen molar-refractivity contribution in [3.05, 3.63) is 59.7 Å². The average Bonchev–Trinajstić information content (AvgIpc) is 2.55. The highest BCUT2D eigenvalue weighted by Gasteiger charge is 2.12. The van der Waals surface area contributed by atoms with Gasteiger partial charge in [0.2, 0.25) is 0 Å². The van der Waals surface area contributed by atoms with Gasteiger partial charge in [0.15, 0.2) is 0 Å². The maximum atomic E-state index is 11.0. The molecule has 1 atom stereocenters. The zero-order valence-corrected chi connectivity index (χ0v) is 14.0. The van der Waals surface area contributed by atoms with E-state index in [1.807, 2.05) is 55.5 Å². The van der Waals surface area contributed by atoms with E-state index in [2.05, 4.69) is 6.08 Å². The Morgan fingerprint density at radius 1 is 1.12 bits per heavy atom. The third-order valence-electron chi connectivity index (χ3n) is 3.83. The van der Waals surface area contributed by atoms with Gasteiger partial charge in [-0.25, -0.2) is 0 Å². The minimum Gasteiger partial charge on any atom is -0.497 e. The molecule has 4 heteroatoms. The van der Waals surface area contributed by atoms with Gasteiger partial charge in [0, 0.05) is 12.1 Å². The van der Waals surface area contributed by atoms with Gasteiger partial charge in [0.05, 0.1) is 7.11 Å². The van der Waals surface area contributed by atoms with Gasteiger partial charge in [0.1, 0.15) is 5.75 Å². The molecule has 0 saturated carbocycles. The Morgan fingerprint density at radius 3 is 2.29 bits per heavy atom. The van der Waals surface area contributed by atoms with Crippen LogP contribution >= 0.6 is 0 Å². The molecule has 126 valence electrons. The number of ether oxygens (including phenoxy) is 1. The molecule has 24 heavy (non-hydrogen) atoms. The Labute approximate surface area is 142 Å². The summed E-state index contributed by atoms with van der Waals surface area (Å²) in [6.07, 6.45) is 2.92. The average molecular weight is 325 g/mol. The molecule has 0 saturated heterocycles. The number of carboxylic acid groups (broad SMARTS) is 1. The largest absolute Gasteiger partial charge is 0.497 e. The molecule has 2 aromatic rings. The van der Waals surface area contributed by atoms with Crippen LogP contribution in [-0.4, -0.2) is 18.2 Å². The van der Waals surface area contributed by atoms with Gasteiger partial charge >= 0.3 is 5.97 Å². The second kappa shape index (κ2) is 8.20. The summed E-state index contributed by atoms with van der Waals surface area (Å²) in [5.41, 5.74) is 9.67. The molecule has 0 spiro atoms. The first-order valence-electron chi connectivity index (χ1n) is 7.90. The van der Waals surface area contributed by atoms with E-state index in [1.165, 1.54) is 0 Å². The maximum absolute atomic E-state index is 11.0. The van der Waals surface area contributed by atoms with Crippen LogP contribution in [0.4, 0.5) is 5.69 Å². The molecular formula is C20H23NO3. The Kier molecular flexibility index (Phi) is 6.01. The van der Waals surface area contributed by atoms with Crippen molar-refractivity contribution in [2.24, 2.45) is 5.92 Å². The summed E-state index contributed by atoms with van der Waals surface area (Å²) in [6.45, 7) is 1.95. The first-order valence-corrected chi connectivity index (χ1v) is 7.90. The van der Waals surface area contributed by atoms with E-state index in [-0.39, 0.29) is 12.3 Å². The second-order valence-corrected chi connectivity index (χ2v) is 5.97. The Hall–Kier alpha value is -2.75. The molecule has 0 aliphatic carbocycles. The van der Waals surface area contributed by atoms with Gasteiger partial charge in [0.25, 0.3) is 0 Å². The molecule has 4 nitrogen and oxygen atoms in total. The highest BCUT2D eigenvalue weighted by atomic mass is 16.5. The minimum atomic E-state index is -0.774. The number of hydrogen-bond donors (Lipinski definition) is 2. The van der Waals surface area contributed by atoms with Crippen LogP contribution in [0.1, 0.15) is 30.9 Å². The van der Waals surface area contributed by atoms with Crippen molar-refractivity contribution < 1.29 is 14.6 Å². The lowest BCUT2D eigenvalue weighted by molar-refractivity contribution is -0.137. The molecule has 0 aliphatic heterocycles. The summed E-state index contributed by atoms with van der Waals surface area (Å²) < 4.78 is 5.18. The minimum absolute atomic E-state index is 0.0459. The number of allylic oxidation sites excluding steroid dienone is 1. The maximum Gasteiger partial charge on any atom is 0.303 e. The topological polar surface area (TPSA) is 72.5 Å². The van der Waals surface area contributed by atoms with Crippen molar-refractivity contribution in [2.75, 3.05) is 12.8 Å². The quantitative estimate of drug-likeness (QED) is 0.587. The zero-order valence-electron chi connectivity index (χ0n) is 14.0. The van der Waals surface area contributed by atoms with Crippen molar-refractivity contribution >= 4 is 23.3 Å². The van der Waals surface area contributed by atoms with Crippen LogP contribution in [-0.2, 0) is 4.79 Å². The molecule has 2 aromatic carbocycles. The van der Waals surface area contributed by atoms with Crippen LogP contribution in [0.5, 0.6) is 5.75 Å². The second-order valence-electron chi connectivity index (χ2n) is 5.97. The number of nitrogen functional groups attached to an aromatic ring is 1. The zero-order chi connectivity index (χ0) is 17.5. The van der Waals surface area contributed by atoms with Crippen LogP contribution in [0.15, 0.2) is 48.5 Å². The van der Waals surface area contributed by atoms with Crippen molar-refractivity contribution in [2.45, 2.75) is 19.8 Å². The predicted octanol–water partition coefficient (Wildman–Crippen LogP) is 4.32. The normalized spacial score (nSPS) is 12.7. The highest BCUT2D eigenvalue weighted by Crippen LogP contribution is 2.28. The molecule has 2 rings (SSSR count). The predicted molar refractivity (Wildman–Crippen MR) is 97.8 cm³/mol. The van der Waals surface area contributed by atoms with Crippen LogP contribution < -0.4 is 10.5 Å². The third-order valence-corrected chi connectivity index (χ3v) is 3.83. The van der Waals surface area contributed by atoms with Crippen LogP contribution in [0, 0.1) is 5.92 Å². The molecule has 0 fully saturated rings. The standard InChI is InChI=1S/C20H23NO3/c1-14(12-20(22)23)11-17(16-5-7-18(21)8-6-16)13-15-3-9-19(24-2)10-4-15/h3-10,13-14H,11-12,21H2,1-2H3,(H,22,23). The van der Waals surface area contributed by atoms with Gasteiger partial charge < -0.3 is 15.6 Å². The fourth-order valence-corrected chi connectivity index (χ4v) is 2.60. The van der Waals surface area contributed by atoms with E-state index in [0.717, 1.165) is 22.4 Å². The fourth-order valence-electron chi connectivity index (χ4n) is 2.60. The van der Waals surface area contributed by atoms with Gasteiger partial charge in [-0.3, -0.25) is 4.79 Å². The van der Waals surface area contributed by atoms with E-state index in [1.54, 1.807) is 7.11 Å². The number of carboxylic acids is 1. The summed E-state index contributed by atoms with van der Waals surface area (Å²) >= 11 is 0. The van der Waals surface area contributed by atoms with E-state index < -0.39 is 5.97 Å². The monoisotopic (exact) mass is 325 g/mol. The summed E-state index contributed by atoms with van der Waals surface area (Å²) in [7, 11) is 1.64. The highest BCUT2D eigenvalue weighted by molar-refractivity contribution is 5.82. The fraction of sp³-hybridized carbons (Fsp3) is 0.250. The van der Waals surface area contributed by atoms with Crippen molar-refractivity contribution in [1.29, 1.82) is 0 Å². The van der Waals surface area contributed by atoms with E-state index in [0.29, 0.717) is 12.1 Å². The van der Waals surface area contributed by atoms with E-state index in [4.69, 9.17) is 15.6 Å². The van der Waals surface area contributed by atoms with Crippen LogP contribution in [0.2, 0.25) is 0 Å². The Balaban J connectivity index is 2.31. The van der Waals surface area contributed by atoms with Gasteiger partial charge in [-0.05, 0) is 53.3 Å². The van der Waals surface area contributed by atoms with E-state index in [9.17, 15) is 4.79 Å². The SMILES string of the molecule is COc1ccc(C=C(CC(C)CC(=O)O)c2ccc(N)cc2)cc1. The first kappa shape index (κ1) is 17.6. The number of aliphatic carboxylic acids is 1. The van der Waals surface area contributed by atoms with Gasteiger partial charge in [-0.2, -0.15) is 0 Å². The molecule has 0 radical (unpaired) electrons. The van der Waals surface area contributed by atoms with Crippen molar-refractivity contribution in [1.82, 2.24) is 0 Å². The number of hydrogen-bond acceptors (Lipinski definition) is 3. The number of benzene rings is 2. The van der Waals surface area contributed by atoms with E-state index >= 15 is 0 Å². The molecule has 0 amide bonds. The number of rotatable bonds is 7. The molecule has 0 aromatic heterocycles. The van der Waals surface area contributed by atoms with Gasteiger partial charge in [-0.15, -0.1) is 0 Å².